The Balaban J connectivity index is 2.05. The van der Waals surface area contributed by atoms with Gasteiger partial charge in [0.05, 0.1) is 38.3 Å². The number of hydrogen-bond donors (Lipinski definition) is 0. The first-order valence-electron chi connectivity index (χ1n) is 9.98. The van der Waals surface area contributed by atoms with Gasteiger partial charge in [0.15, 0.2) is 11.2 Å². The van der Waals surface area contributed by atoms with Crippen molar-refractivity contribution >= 4 is 11.2 Å². The molecule has 0 unspecified atom stereocenters. The highest BCUT2D eigenvalue weighted by molar-refractivity contribution is 5.73. The Labute approximate surface area is 178 Å². The molecule has 0 aliphatic heterocycles. The summed E-state index contributed by atoms with van der Waals surface area (Å²) in [5, 5.41) is 0. The van der Waals surface area contributed by atoms with E-state index in [9.17, 15) is 9.59 Å². The highest BCUT2D eigenvalue weighted by Crippen LogP contribution is 2.25. The van der Waals surface area contributed by atoms with Crippen molar-refractivity contribution in [3.05, 3.63) is 87.3 Å². The van der Waals surface area contributed by atoms with Crippen LogP contribution in [0.2, 0.25) is 0 Å². The molecule has 2 aromatic heterocycles. The molecule has 2 heterocycles. The Kier molecular flexibility index (Phi) is 5.73. The molecule has 4 aromatic rings. The number of imidazole rings is 1. The maximum atomic E-state index is 13.4. The predicted octanol–water partition coefficient (Wildman–Crippen LogP) is 2.61. The van der Waals surface area contributed by atoms with E-state index in [-0.39, 0.29) is 24.8 Å². The lowest BCUT2D eigenvalue weighted by atomic mass is 10.1. The first kappa shape index (κ1) is 20.6. The quantitative estimate of drug-likeness (QED) is 0.459. The molecular weight excluding hydrogens is 396 g/mol. The molecule has 8 heteroatoms. The molecule has 1 atom stereocenters. The summed E-state index contributed by atoms with van der Waals surface area (Å²) in [4.78, 5) is 31.3. The number of para-hydroxylation sites is 2. The highest BCUT2D eigenvalue weighted by Gasteiger charge is 2.23. The zero-order valence-corrected chi connectivity index (χ0v) is 17.7. The normalized spacial score (nSPS) is 12.2. The number of ether oxygens (including phenoxy) is 2. The van der Waals surface area contributed by atoms with Crippen molar-refractivity contribution < 1.29 is 9.47 Å². The molecule has 0 N–H and O–H groups in total. The Morgan fingerprint density at radius 1 is 1.00 bits per heavy atom. The Hall–Kier alpha value is -3.65. The van der Waals surface area contributed by atoms with Gasteiger partial charge in [-0.1, -0.05) is 42.5 Å². The van der Waals surface area contributed by atoms with Gasteiger partial charge in [-0.05, 0) is 24.6 Å². The molecule has 2 aromatic carbocycles. The van der Waals surface area contributed by atoms with Gasteiger partial charge < -0.3 is 14.0 Å². The van der Waals surface area contributed by atoms with Crippen LogP contribution in [0, 0.1) is 0 Å². The van der Waals surface area contributed by atoms with Crippen molar-refractivity contribution in [2.24, 2.45) is 0 Å². The van der Waals surface area contributed by atoms with Crippen molar-refractivity contribution in [3.63, 3.8) is 0 Å². The molecule has 31 heavy (non-hydrogen) atoms. The Morgan fingerprint density at radius 3 is 2.42 bits per heavy atom. The maximum Gasteiger partial charge on any atom is 0.337 e. The minimum absolute atomic E-state index is 0.129. The number of benzene rings is 2. The first-order chi connectivity index (χ1) is 15.1. The second kappa shape index (κ2) is 8.61. The van der Waals surface area contributed by atoms with Gasteiger partial charge in [-0.2, -0.15) is 0 Å². The fourth-order valence-corrected chi connectivity index (χ4v) is 3.74. The minimum Gasteiger partial charge on any atom is -0.495 e. The lowest BCUT2D eigenvalue weighted by molar-refractivity contribution is 0.184. The number of methoxy groups -OCH3 is 2. The van der Waals surface area contributed by atoms with Gasteiger partial charge in [0.1, 0.15) is 5.75 Å². The average molecular weight is 420 g/mol. The summed E-state index contributed by atoms with van der Waals surface area (Å²) in [5.41, 5.74) is 1.29. The van der Waals surface area contributed by atoms with Crippen molar-refractivity contribution in [1.82, 2.24) is 18.7 Å². The lowest BCUT2D eigenvalue weighted by Crippen LogP contribution is -2.41. The molecule has 0 radical (unpaired) electrons. The van der Waals surface area contributed by atoms with E-state index in [0.29, 0.717) is 17.0 Å². The van der Waals surface area contributed by atoms with Crippen LogP contribution in [-0.4, -0.2) is 39.5 Å². The third kappa shape index (κ3) is 3.55. The van der Waals surface area contributed by atoms with Gasteiger partial charge in [0.2, 0.25) is 0 Å². The molecule has 0 saturated carbocycles. The van der Waals surface area contributed by atoms with Gasteiger partial charge in [-0.25, -0.2) is 14.3 Å². The zero-order valence-electron chi connectivity index (χ0n) is 17.7. The standard InChI is InChI=1S/C23H24N4O4/c1-16(17-9-5-4-6-10-17)26-15-24-21-20(26)22(28)25(13-14-30-2)23(29)27(21)18-11-7-8-12-19(18)31-3/h4-12,15-16H,13-14H2,1-3H3/t16-/m1/s1. The summed E-state index contributed by atoms with van der Waals surface area (Å²) < 4.78 is 15.0. The van der Waals surface area contributed by atoms with Crippen LogP contribution in [0.15, 0.2) is 70.5 Å². The van der Waals surface area contributed by atoms with Crippen LogP contribution >= 0.6 is 0 Å². The number of nitrogens with zero attached hydrogens (tertiary/aromatic N) is 4. The van der Waals surface area contributed by atoms with E-state index >= 15 is 0 Å². The van der Waals surface area contributed by atoms with Crippen molar-refractivity contribution in [2.75, 3.05) is 20.8 Å². The highest BCUT2D eigenvalue weighted by atomic mass is 16.5. The van der Waals surface area contributed by atoms with Gasteiger partial charge in [-0.15, -0.1) is 0 Å². The number of hydrogen-bond acceptors (Lipinski definition) is 5. The fraction of sp³-hybridized carbons (Fsp3) is 0.261. The van der Waals surface area contributed by atoms with Crippen LogP contribution in [0.1, 0.15) is 18.5 Å². The largest absolute Gasteiger partial charge is 0.495 e. The molecule has 0 fully saturated rings. The van der Waals surface area contributed by atoms with E-state index < -0.39 is 11.2 Å². The van der Waals surface area contributed by atoms with Crippen molar-refractivity contribution in [1.29, 1.82) is 0 Å². The summed E-state index contributed by atoms with van der Waals surface area (Å²) >= 11 is 0. The SMILES string of the molecule is COCCn1c(=O)c2c(ncn2[C@H](C)c2ccccc2)n(-c2ccccc2OC)c1=O. The van der Waals surface area contributed by atoms with Crippen LogP contribution in [0.5, 0.6) is 5.75 Å². The monoisotopic (exact) mass is 420 g/mol. The summed E-state index contributed by atoms with van der Waals surface area (Å²) in [6.07, 6.45) is 1.61. The van der Waals surface area contributed by atoms with E-state index in [1.807, 2.05) is 54.0 Å². The van der Waals surface area contributed by atoms with E-state index in [1.54, 1.807) is 18.5 Å². The smallest absolute Gasteiger partial charge is 0.337 e. The van der Waals surface area contributed by atoms with Crippen LogP contribution in [0.25, 0.3) is 16.9 Å². The second-order valence-electron chi connectivity index (χ2n) is 7.15. The fourth-order valence-electron chi connectivity index (χ4n) is 3.74. The summed E-state index contributed by atoms with van der Waals surface area (Å²) in [6.45, 7) is 2.35. The molecule has 0 aliphatic carbocycles. The van der Waals surface area contributed by atoms with E-state index in [4.69, 9.17) is 9.47 Å². The molecule has 4 rings (SSSR count). The lowest BCUT2D eigenvalue weighted by Gasteiger charge is -2.17. The minimum atomic E-state index is -0.489. The van der Waals surface area contributed by atoms with E-state index in [1.165, 1.54) is 23.4 Å². The van der Waals surface area contributed by atoms with Gasteiger partial charge in [0, 0.05) is 7.11 Å². The van der Waals surface area contributed by atoms with Gasteiger partial charge in [-0.3, -0.25) is 9.36 Å². The molecule has 0 amide bonds. The molecule has 160 valence electrons. The maximum absolute atomic E-state index is 13.4. The Bertz CT molecular complexity index is 1320. The molecule has 0 aliphatic rings. The van der Waals surface area contributed by atoms with Gasteiger partial charge >= 0.3 is 5.69 Å². The number of rotatable bonds is 7. The Morgan fingerprint density at radius 2 is 1.71 bits per heavy atom. The third-order valence-corrected chi connectivity index (χ3v) is 5.40. The van der Waals surface area contributed by atoms with Gasteiger partial charge in [0.25, 0.3) is 5.56 Å². The van der Waals surface area contributed by atoms with Crippen molar-refractivity contribution in [2.45, 2.75) is 19.5 Å². The molecule has 0 bridgehead atoms. The molecule has 0 saturated heterocycles. The molecular formula is C23H24N4O4. The van der Waals surface area contributed by atoms with Crippen LogP contribution < -0.4 is 16.0 Å². The summed E-state index contributed by atoms with van der Waals surface area (Å²) in [5.74, 6) is 0.508. The summed E-state index contributed by atoms with van der Waals surface area (Å²) in [7, 11) is 3.07. The summed E-state index contributed by atoms with van der Waals surface area (Å²) in [6, 6.07) is 16.8. The van der Waals surface area contributed by atoms with E-state index in [2.05, 4.69) is 4.98 Å². The number of fused-ring (bicyclic) bond motifs is 1. The number of aromatic nitrogens is 4. The molecule has 0 spiro atoms. The van der Waals surface area contributed by atoms with Crippen molar-refractivity contribution in [3.8, 4) is 11.4 Å². The van der Waals surface area contributed by atoms with E-state index in [0.717, 1.165) is 5.56 Å². The average Bonchev–Trinajstić information content (AvgIpc) is 3.24. The third-order valence-electron chi connectivity index (χ3n) is 5.40. The predicted molar refractivity (Wildman–Crippen MR) is 118 cm³/mol. The second-order valence-corrected chi connectivity index (χ2v) is 7.15. The molecule has 8 nitrogen and oxygen atoms in total. The van der Waals surface area contributed by atoms with Crippen LogP contribution in [0.4, 0.5) is 0 Å². The topological polar surface area (TPSA) is 80.3 Å². The zero-order chi connectivity index (χ0) is 22.0. The van der Waals surface area contributed by atoms with Crippen LogP contribution in [0.3, 0.4) is 0 Å². The van der Waals surface area contributed by atoms with Crippen LogP contribution in [-0.2, 0) is 11.3 Å². The first-order valence-corrected chi connectivity index (χ1v) is 9.98.